The number of amides is 2. The molecule has 3 aromatic rings. The molecule has 2 aliphatic rings. The number of nitrogens with two attached hydrogens (primary N) is 1. The standard InChI is InChI=1S/C27H28BN3O5/c1-2-35-23-15-19-10-9-18(23)11-12-36-27(34)31-21-7-3-5-17(13-21)16-28-25(32)24(19)30-22-8-4-6-20(14-22)26(29)33/h3-10,13-15,24,28,30H,2,11-12,16H2,1H3,(H2,29,33)(H,31,34). The second kappa shape index (κ2) is 11.4. The summed E-state index contributed by atoms with van der Waals surface area (Å²) >= 11 is 0. The second-order valence-electron chi connectivity index (χ2n) is 8.50. The first kappa shape index (κ1) is 24.8. The molecule has 1 unspecified atom stereocenters. The predicted octanol–water partition coefficient (Wildman–Crippen LogP) is 3.61. The van der Waals surface area contributed by atoms with Crippen LogP contribution < -0.4 is 21.1 Å². The van der Waals surface area contributed by atoms with E-state index in [4.69, 9.17) is 15.2 Å². The van der Waals surface area contributed by atoms with Gasteiger partial charge in [-0.15, -0.1) is 0 Å². The summed E-state index contributed by atoms with van der Waals surface area (Å²) in [6.07, 6.45) is 0.405. The largest absolute Gasteiger partial charge is 0.494 e. The zero-order chi connectivity index (χ0) is 25.5. The fourth-order valence-corrected chi connectivity index (χ4v) is 4.15. The molecular weight excluding hydrogens is 457 g/mol. The number of carbonyl (C=O) groups excluding carboxylic acids is 3. The smallest absolute Gasteiger partial charge is 0.411 e. The number of hydrogen-bond acceptors (Lipinski definition) is 6. The van der Waals surface area contributed by atoms with E-state index in [1.54, 1.807) is 30.3 Å². The molecule has 8 nitrogen and oxygen atoms in total. The maximum Gasteiger partial charge on any atom is 0.411 e. The van der Waals surface area contributed by atoms with Crippen LogP contribution >= 0.6 is 0 Å². The topological polar surface area (TPSA) is 120 Å². The highest BCUT2D eigenvalue weighted by Gasteiger charge is 2.23. The molecule has 4 bridgehead atoms. The number of benzene rings is 3. The van der Waals surface area contributed by atoms with Crippen LogP contribution in [0.15, 0.2) is 66.7 Å². The van der Waals surface area contributed by atoms with Crippen LogP contribution in [-0.2, 0) is 22.3 Å². The lowest BCUT2D eigenvalue weighted by molar-refractivity contribution is -0.112. The third-order valence-electron chi connectivity index (χ3n) is 5.94. The molecule has 0 aromatic heterocycles. The Labute approximate surface area is 210 Å². The number of carbonyl (C=O) groups is 3. The van der Waals surface area contributed by atoms with E-state index in [0.29, 0.717) is 42.0 Å². The van der Waals surface area contributed by atoms with Gasteiger partial charge < -0.3 is 25.3 Å². The molecule has 184 valence electrons. The van der Waals surface area contributed by atoms with E-state index >= 15 is 0 Å². The highest BCUT2D eigenvalue weighted by molar-refractivity contribution is 6.74. The van der Waals surface area contributed by atoms with E-state index in [0.717, 1.165) is 16.7 Å². The Kier molecular flexibility index (Phi) is 7.90. The average molecular weight is 485 g/mol. The van der Waals surface area contributed by atoms with Crippen LogP contribution in [0.5, 0.6) is 5.75 Å². The van der Waals surface area contributed by atoms with Gasteiger partial charge >= 0.3 is 6.09 Å². The molecule has 1 atom stereocenters. The molecular formula is C27H28BN3O5. The minimum Gasteiger partial charge on any atom is -0.494 e. The van der Waals surface area contributed by atoms with Gasteiger partial charge in [0, 0.05) is 23.4 Å². The van der Waals surface area contributed by atoms with Crippen molar-refractivity contribution < 1.29 is 23.9 Å². The number of hydrogen-bond donors (Lipinski definition) is 3. The number of rotatable bonds is 5. The zero-order valence-corrected chi connectivity index (χ0v) is 20.1. The minimum atomic E-state index is -0.673. The summed E-state index contributed by atoms with van der Waals surface area (Å²) in [5.41, 5.74) is 9.49. The fraction of sp³-hybridized carbons (Fsp3) is 0.222. The van der Waals surface area contributed by atoms with Crippen molar-refractivity contribution in [1.82, 2.24) is 0 Å². The van der Waals surface area contributed by atoms with Gasteiger partial charge in [-0.3, -0.25) is 10.1 Å². The molecule has 2 heterocycles. The normalized spacial score (nSPS) is 15.9. The number of ether oxygens (including phenoxy) is 2. The molecule has 3 aromatic carbocycles. The van der Waals surface area contributed by atoms with Crippen LogP contribution in [0.3, 0.4) is 0 Å². The molecule has 0 saturated carbocycles. The summed E-state index contributed by atoms with van der Waals surface area (Å²) in [5, 5.41) is 6.03. The Balaban J connectivity index is 1.71. The highest BCUT2D eigenvalue weighted by atomic mass is 16.5. The summed E-state index contributed by atoms with van der Waals surface area (Å²) in [7, 11) is 0.257. The quantitative estimate of drug-likeness (QED) is 0.475. The Morgan fingerprint density at radius 1 is 1.14 bits per heavy atom. The molecule has 0 spiro atoms. The fourth-order valence-electron chi connectivity index (χ4n) is 4.15. The van der Waals surface area contributed by atoms with Gasteiger partial charge in [-0.1, -0.05) is 35.9 Å². The summed E-state index contributed by atoms with van der Waals surface area (Å²) in [4.78, 5) is 37.4. The Morgan fingerprint density at radius 3 is 2.78 bits per heavy atom. The van der Waals surface area contributed by atoms with Crippen molar-refractivity contribution in [3.63, 3.8) is 0 Å². The first-order valence-electron chi connectivity index (χ1n) is 11.9. The van der Waals surface area contributed by atoms with Gasteiger partial charge in [0.25, 0.3) is 0 Å². The first-order chi connectivity index (χ1) is 17.4. The van der Waals surface area contributed by atoms with Crippen LogP contribution in [-0.4, -0.2) is 38.2 Å². The molecule has 36 heavy (non-hydrogen) atoms. The van der Waals surface area contributed by atoms with Crippen LogP contribution in [0.2, 0.25) is 0 Å². The first-order valence-corrected chi connectivity index (χ1v) is 11.9. The Hall–Kier alpha value is -4.27. The van der Waals surface area contributed by atoms with Gasteiger partial charge in [-0.25, -0.2) is 4.79 Å². The van der Waals surface area contributed by atoms with Gasteiger partial charge in [0.15, 0.2) is 0 Å². The van der Waals surface area contributed by atoms with Crippen LogP contribution in [0.25, 0.3) is 0 Å². The SMILES string of the molecule is CCOc1cc2ccc1CCOC(=O)Nc1cccc(c1)CBC(=O)C2Nc1cccc(C(N)=O)c1. The van der Waals surface area contributed by atoms with Crippen LogP contribution in [0.4, 0.5) is 16.2 Å². The number of nitrogens with one attached hydrogen (secondary N) is 2. The molecule has 0 radical (unpaired) electrons. The van der Waals surface area contributed by atoms with Crippen molar-refractivity contribution in [2.45, 2.75) is 25.7 Å². The summed E-state index contributed by atoms with van der Waals surface area (Å²) in [5.74, 6) is 0.0851. The molecule has 9 heteroatoms. The van der Waals surface area contributed by atoms with E-state index in [9.17, 15) is 14.4 Å². The second-order valence-corrected chi connectivity index (χ2v) is 8.50. The molecule has 5 rings (SSSR count). The zero-order valence-electron chi connectivity index (χ0n) is 20.1. The maximum absolute atomic E-state index is 13.6. The lowest BCUT2D eigenvalue weighted by Gasteiger charge is -2.22. The molecule has 2 aliphatic heterocycles. The third-order valence-corrected chi connectivity index (χ3v) is 5.94. The Morgan fingerprint density at radius 2 is 1.97 bits per heavy atom. The van der Waals surface area contributed by atoms with Crippen molar-refractivity contribution >= 4 is 36.3 Å². The Bertz CT molecular complexity index is 1280. The van der Waals surface area contributed by atoms with Gasteiger partial charge in [-0.2, -0.15) is 0 Å². The van der Waals surface area contributed by atoms with Gasteiger partial charge in [0.2, 0.25) is 13.2 Å². The van der Waals surface area contributed by atoms with E-state index in [1.807, 2.05) is 43.3 Å². The minimum absolute atomic E-state index is 0.0282. The molecule has 4 N–H and O–H groups in total. The lowest BCUT2D eigenvalue weighted by atomic mass is 9.64. The van der Waals surface area contributed by atoms with Crippen LogP contribution in [0.1, 0.15) is 40.0 Å². The van der Waals surface area contributed by atoms with E-state index < -0.39 is 18.0 Å². The van der Waals surface area contributed by atoms with E-state index in [-0.39, 0.29) is 19.6 Å². The van der Waals surface area contributed by atoms with Crippen molar-refractivity contribution in [2.75, 3.05) is 23.8 Å². The highest BCUT2D eigenvalue weighted by Crippen LogP contribution is 2.28. The van der Waals surface area contributed by atoms with Gasteiger partial charge in [0.1, 0.15) is 17.5 Å². The predicted molar refractivity (Wildman–Crippen MR) is 140 cm³/mol. The van der Waals surface area contributed by atoms with Crippen LogP contribution in [0, 0.1) is 0 Å². The van der Waals surface area contributed by atoms with E-state index in [1.165, 1.54) is 0 Å². The van der Waals surface area contributed by atoms with Gasteiger partial charge in [-0.05, 0) is 60.8 Å². The molecule has 0 aliphatic carbocycles. The number of anilines is 2. The summed E-state index contributed by atoms with van der Waals surface area (Å²) in [6, 6.07) is 19.1. The number of primary amides is 1. The lowest BCUT2D eigenvalue weighted by Crippen LogP contribution is -2.27. The van der Waals surface area contributed by atoms with Crippen molar-refractivity contribution in [2.24, 2.45) is 5.73 Å². The monoisotopic (exact) mass is 485 g/mol. The molecule has 0 saturated heterocycles. The van der Waals surface area contributed by atoms with Crippen molar-refractivity contribution in [3.8, 4) is 5.75 Å². The number of fused-ring (bicyclic) bond motifs is 9. The van der Waals surface area contributed by atoms with Gasteiger partial charge in [0.05, 0.1) is 13.2 Å². The maximum atomic E-state index is 13.6. The van der Waals surface area contributed by atoms with Crippen molar-refractivity contribution in [1.29, 1.82) is 0 Å². The molecule has 0 fully saturated rings. The summed E-state index contributed by atoms with van der Waals surface area (Å²) < 4.78 is 11.2. The third kappa shape index (κ3) is 6.24. The van der Waals surface area contributed by atoms with E-state index in [2.05, 4.69) is 10.6 Å². The van der Waals surface area contributed by atoms with Crippen molar-refractivity contribution in [3.05, 3.63) is 89.0 Å². The average Bonchev–Trinajstić information content (AvgIpc) is 2.87. The summed E-state index contributed by atoms with van der Waals surface area (Å²) in [6.45, 7) is 2.50. The molecule has 2 amide bonds.